The highest BCUT2D eigenvalue weighted by Crippen LogP contribution is 2.38. The average Bonchev–Trinajstić information content (AvgIpc) is 3.07. The number of carbonyl (C=O) groups excluding carboxylic acids is 1. The molecule has 0 radical (unpaired) electrons. The molecule has 0 amide bonds. The molecule has 1 heterocycles. The molecule has 1 atom stereocenters. The van der Waals surface area contributed by atoms with Crippen LogP contribution in [0.3, 0.4) is 0 Å². The molecule has 1 unspecified atom stereocenters. The first kappa shape index (κ1) is 17.0. The highest BCUT2D eigenvalue weighted by atomic mass is 35.5. The van der Waals surface area contributed by atoms with E-state index in [1.807, 2.05) is 0 Å². The van der Waals surface area contributed by atoms with E-state index in [-0.39, 0.29) is 17.1 Å². The fourth-order valence-corrected chi connectivity index (χ4v) is 2.87. The number of fused-ring (bicyclic) bond motifs is 1. The molecule has 0 fully saturated rings. The molecule has 6 heteroatoms. The largest absolute Gasteiger partial charge is 0.496 e. The van der Waals surface area contributed by atoms with Crippen molar-refractivity contribution in [3.8, 4) is 5.75 Å². The number of hydrogen-bond donors (Lipinski definition) is 1. The smallest absolute Gasteiger partial charge is 0.310 e. The van der Waals surface area contributed by atoms with Gasteiger partial charge in [0.2, 0.25) is 5.78 Å². The van der Waals surface area contributed by atoms with Crippen molar-refractivity contribution in [1.29, 1.82) is 0 Å². The predicted octanol–water partition coefficient (Wildman–Crippen LogP) is 4.51. The molecule has 5 nitrogen and oxygen atoms in total. The normalized spacial score (nSPS) is 12.1. The first-order valence-corrected chi connectivity index (χ1v) is 7.93. The van der Waals surface area contributed by atoms with E-state index in [9.17, 15) is 14.7 Å². The topological polar surface area (TPSA) is 76.7 Å². The minimum absolute atomic E-state index is 0.204. The number of rotatable bonds is 5. The molecule has 0 spiro atoms. The fraction of sp³-hybridized carbons (Fsp3) is 0.158. The summed E-state index contributed by atoms with van der Waals surface area (Å²) in [6.07, 6.45) is 1.46. The number of ketones is 1. The van der Waals surface area contributed by atoms with Gasteiger partial charge in [-0.1, -0.05) is 11.6 Å². The summed E-state index contributed by atoms with van der Waals surface area (Å²) in [5.74, 6) is -1.97. The number of halogens is 1. The number of benzene rings is 2. The van der Waals surface area contributed by atoms with Gasteiger partial charge >= 0.3 is 5.97 Å². The molecule has 128 valence electrons. The molecule has 0 bridgehead atoms. The second kappa shape index (κ2) is 6.61. The van der Waals surface area contributed by atoms with Crippen molar-refractivity contribution in [2.75, 3.05) is 7.11 Å². The minimum atomic E-state index is -1.01. The van der Waals surface area contributed by atoms with Crippen LogP contribution in [0.15, 0.2) is 47.1 Å². The Morgan fingerprint density at radius 2 is 1.88 bits per heavy atom. The molecular weight excluding hydrogens is 344 g/mol. The maximum Gasteiger partial charge on any atom is 0.310 e. The van der Waals surface area contributed by atoms with Crippen LogP contribution in [0.25, 0.3) is 11.0 Å². The SMILES string of the molecule is COc1c(C(C)C(=O)O)cc2ccoc2c1C(=O)c1ccc(Cl)cc1. The summed E-state index contributed by atoms with van der Waals surface area (Å²) in [4.78, 5) is 24.5. The van der Waals surface area contributed by atoms with E-state index in [0.29, 0.717) is 27.1 Å². The average molecular weight is 359 g/mol. The third-order valence-corrected chi connectivity index (χ3v) is 4.35. The van der Waals surface area contributed by atoms with Gasteiger partial charge in [-0.25, -0.2) is 0 Å². The minimum Gasteiger partial charge on any atom is -0.496 e. The van der Waals surface area contributed by atoms with Gasteiger partial charge in [-0.05, 0) is 43.3 Å². The summed E-state index contributed by atoms with van der Waals surface area (Å²) < 4.78 is 10.9. The van der Waals surface area contributed by atoms with Crippen molar-refractivity contribution in [2.45, 2.75) is 12.8 Å². The second-order valence-electron chi connectivity index (χ2n) is 5.61. The van der Waals surface area contributed by atoms with Crippen LogP contribution < -0.4 is 4.74 Å². The second-order valence-corrected chi connectivity index (χ2v) is 6.05. The predicted molar refractivity (Wildman–Crippen MR) is 93.7 cm³/mol. The lowest BCUT2D eigenvalue weighted by Crippen LogP contribution is -2.12. The maximum atomic E-state index is 13.1. The van der Waals surface area contributed by atoms with Crippen LogP contribution in [0.4, 0.5) is 0 Å². The monoisotopic (exact) mass is 358 g/mol. The summed E-state index contributed by atoms with van der Waals surface area (Å²) >= 11 is 5.88. The summed E-state index contributed by atoms with van der Waals surface area (Å²) in [6, 6.07) is 9.80. The number of carboxylic acids is 1. The Morgan fingerprint density at radius 1 is 1.20 bits per heavy atom. The van der Waals surface area contributed by atoms with Crippen LogP contribution in [0, 0.1) is 0 Å². The van der Waals surface area contributed by atoms with Crippen LogP contribution in [-0.4, -0.2) is 24.0 Å². The van der Waals surface area contributed by atoms with E-state index in [1.54, 1.807) is 43.3 Å². The number of carbonyl (C=O) groups is 2. The van der Waals surface area contributed by atoms with Gasteiger partial charge in [-0.15, -0.1) is 0 Å². The number of hydrogen-bond acceptors (Lipinski definition) is 4. The zero-order chi connectivity index (χ0) is 18.1. The van der Waals surface area contributed by atoms with Gasteiger partial charge in [0, 0.05) is 21.5 Å². The van der Waals surface area contributed by atoms with Crippen molar-refractivity contribution in [3.63, 3.8) is 0 Å². The third-order valence-electron chi connectivity index (χ3n) is 4.10. The maximum absolute atomic E-state index is 13.1. The van der Waals surface area contributed by atoms with Crippen molar-refractivity contribution in [1.82, 2.24) is 0 Å². The van der Waals surface area contributed by atoms with Gasteiger partial charge in [0.1, 0.15) is 16.9 Å². The van der Waals surface area contributed by atoms with Crippen LogP contribution in [0.5, 0.6) is 5.75 Å². The number of aliphatic carboxylic acids is 1. The molecule has 1 N–H and O–H groups in total. The van der Waals surface area contributed by atoms with E-state index >= 15 is 0 Å². The molecule has 1 aromatic heterocycles. The zero-order valence-corrected chi connectivity index (χ0v) is 14.3. The lowest BCUT2D eigenvalue weighted by molar-refractivity contribution is -0.138. The quantitative estimate of drug-likeness (QED) is 0.679. The van der Waals surface area contributed by atoms with Gasteiger partial charge in [0.25, 0.3) is 0 Å². The Labute approximate surface area is 148 Å². The summed E-state index contributed by atoms with van der Waals surface area (Å²) in [5.41, 5.74) is 1.38. The summed E-state index contributed by atoms with van der Waals surface area (Å²) in [6.45, 7) is 1.54. The zero-order valence-electron chi connectivity index (χ0n) is 13.6. The van der Waals surface area contributed by atoms with Crippen molar-refractivity contribution >= 4 is 34.3 Å². The molecule has 0 saturated carbocycles. The standard InChI is InChI=1S/C19H15ClO5/c1-10(19(22)23)14-9-12-7-8-25-17(12)15(18(14)24-2)16(21)11-3-5-13(20)6-4-11/h3-10H,1-2H3,(H,22,23). The number of ether oxygens (including phenoxy) is 1. The fourth-order valence-electron chi connectivity index (χ4n) is 2.74. The highest BCUT2D eigenvalue weighted by molar-refractivity contribution is 6.30. The number of methoxy groups -OCH3 is 1. The van der Waals surface area contributed by atoms with Crippen molar-refractivity contribution < 1.29 is 23.8 Å². The van der Waals surface area contributed by atoms with Crippen molar-refractivity contribution in [2.24, 2.45) is 0 Å². The molecule has 3 rings (SSSR count). The molecule has 2 aromatic carbocycles. The Hall–Kier alpha value is -2.79. The molecule has 0 saturated heterocycles. The van der Waals surface area contributed by atoms with Gasteiger partial charge in [0.05, 0.1) is 19.3 Å². The van der Waals surface area contributed by atoms with Gasteiger partial charge in [-0.2, -0.15) is 0 Å². The Morgan fingerprint density at radius 3 is 2.48 bits per heavy atom. The third kappa shape index (κ3) is 2.98. The Kier molecular flexibility index (Phi) is 4.51. The number of furan rings is 1. The molecular formula is C19H15ClO5. The van der Waals surface area contributed by atoms with E-state index in [0.717, 1.165) is 0 Å². The van der Waals surface area contributed by atoms with Crippen LogP contribution >= 0.6 is 11.6 Å². The van der Waals surface area contributed by atoms with E-state index in [4.69, 9.17) is 20.8 Å². The first-order valence-electron chi connectivity index (χ1n) is 7.55. The summed E-state index contributed by atoms with van der Waals surface area (Å²) in [7, 11) is 1.40. The number of carboxylic acid groups (broad SMARTS) is 1. The van der Waals surface area contributed by atoms with Gasteiger partial charge in [-0.3, -0.25) is 9.59 Å². The van der Waals surface area contributed by atoms with Gasteiger partial charge in [0.15, 0.2) is 0 Å². The van der Waals surface area contributed by atoms with Crippen molar-refractivity contribution in [3.05, 3.63) is 64.4 Å². The van der Waals surface area contributed by atoms with Gasteiger partial charge < -0.3 is 14.3 Å². The highest BCUT2D eigenvalue weighted by Gasteiger charge is 2.28. The molecule has 0 aliphatic rings. The first-order chi connectivity index (χ1) is 11.9. The van der Waals surface area contributed by atoms with E-state index in [1.165, 1.54) is 13.4 Å². The van der Waals surface area contributed by atoms with Crippen LogP contribution in [-0.2, 0) is 4.79 Å². The van der Waals surface area contributed by atoms with E-state index in [2.05, 4.69) is 0 Å². The Bertz CT molecular complexity index is 956. The molecule has 0 aliphatic carbocycles. The van der Waals surface area contributed by atoms with E-state index < -0.39 is 11.9 Å². The molecule has 0 aliphatic heterocycles. The molecule has 25 heavy (non-hydrogen) atoms. The molecule has 3 aromatic rings. The van der Waals surface area contributed by atoms with Crippen LogP contribution in [0.1, 0.15) is 34.3 Å². The van der Waals surface area contributed by atoms with Crippen LogP contribution in [0.2, 0.25) is 5.02 Å². The summed E-state index contributed by atoms with van der Waals surface area (Å²) in [5, 5.41) is 10.5. The Balaban J connectivity index is 2.28. The lowest BCUT2D eigenvalue weighted by Gasteiger charge is -2.16. The lowest BCUT2D eigenvalue weighted by atomic mass is 9.92.